The molecule has 4 rings (SSSR count). The predicted molar refractivity (Wildman–Crippen MR) is 107 cm³/mol. The Hall–Kier alpha value is -2.48. The summed E-state index contributed by atoms with van der Waals surface area (Å²) in [5.74, 6) is 0.192. The lowest BCUT2D eigenvalue weighted by Gasteiger charge is -2.32. The molecule has 0 aliphatic carbocycles. The first kappa shape index (κ1) is 18.9. The van der Waals surface area contributed by atoms with Crippen molar-refractivity contribution in [1.82, 2.24) is 19.7 Å². The van der Waals surface area contributed by atoms with Gasteiger partial charge in [0.15, 0.2) is 0 Å². The highest BCUT2D eigenvalue weighted by Crippen LogP contribution is 2.33. The highest BCUT2D eigenvalue weighted by molar-refractivity contribution is 7.18. The number of thiazole rings is 1. The Balaban J connectivity index is 1.32. The molecule has 0 saturated carbocycles. The topological polar surface area (TPSA) is 73.8 Å². The quantitative estimate of drug-likeness (QED) is 0.724. The Morgan fingerprint density at radius 1 is 1.29 bits per heavy atom. The van der Waals surface area contributed by atoms with E-state index >= 15 is 0 Å². The number of para-hydroxylation sites is 1. The number of nitrogens with zero attached hydrogens (tertiary/aromatic N) is 4. The number of carbonyl (C=O) groups excluding carboxylic acids is 3. The molecular formula is C20H24N4O3S. The van der Waals surface area contributed by atoms with Gasteiger partial charge in [0, 0.05) is 39.0 Å². The molecule has 4 amide bonds. The Kier molecular flexibility index (Phi) is 5.30. The van der Waals surface area contributed by atoms with Crippen molar-refractivity contribution in [2.45, 2.75) is 31.6 Å². The number of imide groups is 1. The first-order chi connectivity index (χ1) is 13.5. The fourth-order valence-electron chi connectivity index (χ4n) is 3.91. The summed E-state index contributed by atoms with van der Waals surface area (Å²) in [5, 5.41) is 1.11. The molecule has 1 aromatic carbocycles. The average Bonchev–Trinajstić information content (AvgIpc) is 3.24. The van der Waals surface area contributed by atoms with Gasteiger partial charge in [-0.05, 0) is 31.4 Å². The molecular weight excluding hydrogens is 376 g/mol. The molecule has 3 heterocycles. The number of rotatable bonds is 5. The van der Waals surface area contributed by atoms with Gasteiger partial charge in [-0.15, -0.1) is 11.3 Å². The summed E-state index contributed by atoms with van der Waals surface area (Å²) in [5.41, 5.74) is 1.02. The number of urea groups is 1. The highest BCUT2D eigenvalue weighted by atomic mass is 32.1. The van der Waals surface area contributed by atoms with Gasteiger partial charge in [0.1, 0.15) is 6.54 Å². The van der Waals surface area contributed by atoms with Gasteiger partial charge in [0.05, 0.1) is 15.2 Å². The van der Waals surface area contributed by atoms with Crippen LogP contribution in [0.5, 0.6) is 0 Å². The van der Waals surface area contributed by atoms with Crippen LogP contribution in [0.3, 0.4) is 0 Å². The largest absolute Gasteiger partial charge is 0.342 e. The zero-order chi connectivity index (χ0) is 19.7. The minimum Gasteiger partial charge on any atom is -0.342 e. The lowest BCUT2D eigenvalue weighted by atomic mass is 9.98. The minimum atomic E-state index is -0.272. The average molecular weight is 401 g/mol. The molecule has 148 valence electrons. The monoisotopic (exact) mass is 400 g/mol. The van der Waals surface area contributed by atoms with Crippen LogP contribution in [0.2, 0.25) is 0 Å². The summed E-state index contributed by atoms with van der Waals surface area (Å²) in [6.45, 7) is 1.90. The molecule has 8 heteroatoms. The van der Waals surface area contributed by atoms with Crippen LogP contribution in [-0.4, -0.2) is 70.8 Å². The summed E-state index contributed by atoms with van der Waals surface area (Å²) in [7, 11) is 1.61. The van der Waals surface area contributed by atoms with E-state index in [9.17, 15) is 14.4 Å². The van der Waals surface area contributed by atoms with Crippen LogP contribution in [0.4, 0.5) is 4.79 Å². The van der Waals surface area contributed by atoms with Crippen molar-refractivity contribution in [1.29, 1.82) is 0 Å². The number of carbonyl (C=O) groups is 3. The number of amides is 4. The number of aromatic nitrogens is 1. The lowest BCUT2D eigenvalue weighted by Crippen LogP contribution is -2.39. The van der Waals surface area contributed by atoms with Crippen LogP contribution in [0.15, 0.2) is 24.3 Å². The number of likely N-dealkylation sites (N-methyl/N-ethyl adjacent to an activating group) is 1. The van der Waals surface area contributed by atoms with Crippen LogP contribution in [0.25, 0.3) is 10.2 Å². The maximum absolute atomic E-state index is 12.7. The fourth-order valence-corrected chi connectivity index (χ4v) is 5.00. The normalized spacial score (nSPS) is 20.5. The third-order valence-electron chi connectivity index (χ3n) is 5.44. The lowest BCUT2D eigenvalue weighted by molar-refractivity contribution is -0.133. The molecule has 1 aromatic heterocycles. The standard InChI is InChI=1S/C20H24N4O3S/c1-22-13-18(26)24(20(22)27)11-5-9-17(25)23-10-4-6-14(12-23)19-21-15-7-2-3-8-16(15)28-19/h2-3,7-8,14H,4-6,9-13H2,1H3/t14-/m1/s1. The van der Waals surface area contributed by atoms with Crippen molar-refractivity contribution >= 4 is 39.4 Å². The summed E-state index contributed by atoms with van der Waals surface area (Å²) in [6.07, 6.45) is 2.88. The van der Waals surface area contributed by atoms with Gasteiger partial charge in [0.25, 0.3) is 0 Å². The molecule has 2 aliphatic rings. The summed E-state index contributed by atoms with van der Waals surface area (Å²) < 4.78 is 1.19. The van der Waals surface area contributed by atoms with Crippen LogP contribution in [0, 0.1) is 0 Å². The molecule has 0 N–H and O–H groups in total. The van der Waals surface area contributed by atoms with E-state index in [0.29, 0.717) is 25.9 Å². The fraction of sp³-hybridized carbons (Fsp3) is 0.500. The van der Waals surface area contributed by atoms with E-state index in [0.717, 1.165) is 29.9 Å². The van der Waals surface area contributed by atoms with E-state index in [1.807, 2.05) is 23.1 Å². The van der Waals surface area contributed by atoms with Crippen molar-refractivity contribution < 1.29 is 14.4 Å². The number of piperidine rings is 1. The van der Waals surface area contributed by atoms with Crippen molar-refractivity contribution in [3.63, 3.8) is 0 Å². The molecule has 0 bridgehead atoms. The smallest absolute Gasteiger partial charge is 0.326 e. The Labute approximate surface area is 167 Å². The maximum atomic E-state index is 12.7. The second kappa shape index (κ2) is 7.87. The van der Waals surface area contributed by atoms with Gasteiger partial charge >= 0.3 is 6.03 Å². The number of benzene rings is 1. The molecule has 28 heavy (non-hydrogen) atoms. The molecule has 0 unspecified atom stereocenters. The second-order valence-corrected chi connectivity index (χ2v) is 8.55. The number of hydrogen-bond acceptors (Lipinski definition) is 5. The minimum absolute atomic E-state index is 0.0956. The molecule has 2 aliphatic heterocycles. The first-order valence-electron chi connectivity index (χ1n) is 9.71. The maximum Gasteiger partial charge on any atom is 0.326 e. The van der Waals surface area contributed by atoms with Gasteiger partial charge in [-0.25, -0.2) is 9.78 Å². The van der Waals surface area contributed by atoms with Gasteiger partial charge in [0.2, 0.25) is 11.8 Å². The zero-order valence-corrected chi connectivity index (χ0v) is 16.8. The third-order valence-corrected chi connectivity index (χ3v) is 6.64. The zero-order valence-electron chi connectivity index (χ0n) is 16.0. The first-order valence-corrected chi connectivity index (χ1v) is 10.5. The summed E-state index contributed by atoms with van der Waals surface area (Å²) in [4.78, 5) is 45.7. The molecule has 2 saturated heterocycles. The van der Waals surface area contributed by atoms with E-state index in [2.05, 4.69) is 6.07 Å². The number of fused-ring (bicyclic) bond motifs is 1. The van der Waals surface area contributed by atoms with E-state index in [1.165, 1.54) is 14.5 Å². The van der Waals surface area contributed by atoms with Crippen molar-refractivity contribution in [3.05, 3.63) is 29.3 Å². The van der Waals surface area contributed by atoms with Crippen molar-refractivity contribution in [3.8, 4) is 0 Å². The van der Waals surface area contributed by atoms with Crippen molar-refractivity contribution in [2.75, 3.05) is 33.2 Å². The van der Waals surface area contributed by atoms with Crippen LogP contribution in [-0.2, 0) is 9.59 Å². The SMILES string of the molecule is CN1CC(=O)N(CCCC(=O)N2CCC[C@@H](c3nc4ccccc4s3)C2)C1=O. The van der Waals surface area contributed by atoms with Gasteiger partial charge < -0.3 is 9.80 Å². The molecule has 2 fully saturated rings. The third kappa shape index (κ3) is 3.73. The van der Waals surface area contributed by atoms with E-state index in [1.54, 1.807) is 18.4 Å². The highest BCUT2D eigenvalue weighted by Gasteiger charge is 2.33. The molecule has 0 radical (unpaired) electrons. The molecule has 7 nitrogen and oxygen atoms in total. The molecule has 1 atom stereocenters. The van der Waals surface area contributed by atoms with E-state index in [-0.39, 0.29) is 30.3 Å². The predicted octanol–water partition coefficient (Wildman–Crippen LogP) is 2.68. The van der Waals surface area contributed by atoms with E-state index in [4.69, 9.17) is 4.98 Å². The summed E-state index contributed by atoms with van der Waals surface area (Å²) in [6, 6.07) is 7.86. The van der Waals surface area contributed by atoms with E-state index < -0.39 is 0 Å². The van der Waals surface area contributed by atoms with Crippen LogP contribution in [0.1, 0.15) is 36.6 Å². The van der Waals surface area contributed by atoms with Gasteiger partial charge in [-0.1, -0.05) is 12.1 Å². The van der Waals surface area contributed by atoms with Crippen LogP contribution >= 0.6 is 11.3 Å². The number of hydrogen-bond donors (Lipinski definition) is 0. The Bertz CT molecular complexity index is 879. The van der Waals surface area contributed by atoms with Crippen molar-refractivity contribution in [2.24, 2.45) is 0 Å². The number of likely N-dealkylation sites (tertiary alicyclic amines) is 1. The summed E-state index contributed by atoms with van der Waals surface area (Å²) >= 11 is 1.72. The molecule has 2 aromatic rings. The van der Waals surface area contributed by atoms with Crippen LogP contribution < -0.4 is 0 Å². The molecule has 0 spiro atoms. The second-order valence-electron chi connectivity index (χ2n) is 7.49. The van der Waals surface area contributed by atoms with Gasteiger partial charge in [-0.3, -0.25) is 14.5 Å². The Morgan fingerprint density at radius 3 is 2.86 bits per heavy atom. The Morgan fingerprint density at radius 2 is 2.11 bits per heavy atom. The van der Waals surface area contributed by atoms with Gasteiger partial charge in [-0.2, -0.15) is 0 Å².